The van der Waals surface area contributed by atoms with Crippen molar-refractivity contribution in [3.05, 3.63) is 59.7 Å². The maximum atomic E-state index is 12.1. The molecular weight excluding hydrogens is 371 g/mol. The second-order valence-corrected chi connectivity index (χ2v) is 8.39. The van der Waals surface area contributed by atoms with Gasteiger partial charge in [-0.1, -0.05) is 12.1 Å². The molecule has 0 aromatic heterocycles. The molecule has 2 rings (SSSR count). The minimum Gasteiger partial charge on any atom is -0.526 e. The van der Waals surface area contributed by atoms with E-state index in [-0.39, 0.29) is 0 Å². The van der Waals surface area contributed by atoms with Crippen molar-refractivity contribution in [3.63, 3.8) is 0 Å². The third-order valence-electron chi connectivity index (χ3n) is 3.31. The first-order valence-electron chi connectivity index (χ1n) is 9.25. The molecule has 0 fully saturated rings. The minimum atomic E-state index is -0.581. The van der Waals surface area contributed by atoms with Crippen molar-refractivity contribution >= 4 is 19.6 Å². The lowest BCUT2D eigenvalue weighted by Gasteiger charge is -2.19. The average Bonchev–Trinajstić information content (AvgIpc) is 2.59. The molecule has 153 valence electrons. The summed E-state index contributed by atoms with van der Waals surface area (Å²) < 4.78 is 21.6. The summed E-state index contributed by atoms with van der Waals surface area (Å²) in [6, 6.07) is 13.2. The number of benzene rings is 2. The SMILES string of the molecule is CC(C)(C)OC(=O)c1cccc(O[B]Oc2cccc(C(=O)OC(C)(C)C)c2)c1. The van der Waals surface area contributed by atoms with Crippen LogP contribution in [0.25, 0.3) is 0 Å². The van der Waals surface area contributed by atoms with Crippen LogP contribution in [0.1, 0.15) is 62.3 Å². The van der Waals surface area contributed by atoms with Crippen LogP contribution < -0.4 is 9.31 Å². The lowest BCUT2D eigenvalue weighted by Crippen LogP contribution is -2.24. The van der Waals surface area contributed by atoms with E-state index in [1.54, 1.807) is 90.1 Å². The summed E-state index contributed by atoms with van der Waals surface area (Å²) in [5.74, 6) is -0.0452. The zero-order valence-corrected chi connectivity index (χ0v) is 17.6. The second-order valence-electron chi connectivity index (χ2n) is 8.39. The quantitative estimate of drug-likeness (QED) is 0.525. The van der Waals surface area contributed by atoms with E-state index in [0.717, 1.165) is 7.69 Å². The highest BCUT2D eigenvalue weighted by molar-refractivity contribution is 6.20. The van der Waals surface area contributed by atoms with E-state index in [4.69, 9.17) is 18.8 Å². The molecule has 0 unspecified atom stereocenters. The highest BCUT2D eigenvalue weighted by atomic mass is 16.6. The normalized spacial score (nSPS) is 11.4. The summed E-state index contributed by atoms with van der Waals surface area (Å²) in [4.78, 5) is 24.3. The molecule has 29 heavy (non-hydrogen) atoms. The van der Waals surface area contributed by atoms with Gasteiger partial charge in [0.05, 0.1) is 11.1 Å². The van der Waals surface area contributed by atoms with Gasteiger partial charge in [-0.05, 0) is 77.9 Å². The van der Waals surface area contributed by atoms with E-state index in [9.17, 15) is 9.59 Å². The van der Waals surface area contributed by atoms with Crippen LogP contribution in [0.2, 0.25) is 0 Å². The zero-order chi connectivity index (χ0) is 21.7. The Morgan fingerprint density at radius 1 is 0.690 bits per heavy atom. The lowest BCUT2D eigenvalue weighted by atomic mass is 10.1. The van der Waals surface area contributed by atoms with Gasteiger partial charge in [0.25, 0.3) is 0 Å². The number of hydrogen-bond acceptors (Lipinski definition) is 6. The lowest BCUT2D eigenvalue weighted by molar-refractivity contribution is 0.00569. The molecule has 2 aromatic rings. The summed E-state index contributed by atoms with van der Waals surface area (Å²) in [7, 11) is 1.13. The van der Waals surface area contributed by atoms with Crippen molar-refractivity contribution < 1.29 is 28.4 Å². The monoisotopic (exact) mass is 397 g/mol. The topological polar surface area (TPSA) is 71.1 Å². The number of rotatable bonds is 6. The fourth-order valence-corrected chi connectivity index (χ4v) is 2.20. The molecule has 0 heterocycles. The average molecular weight is 397 g/mol. The predicted octanol–water partition coefficient (Wildman–Crippen LogP) is 4.59. The Morgan fingerprint density at radius 3 is 1.41 bits per heavy atom. The number of hydrogen-bond donors (Lipinski definition) is 0. The maximum absolute atomic E-state index is 12.1. The Kier molecular flexibility index (Phi) is 6.95. The van der Waals surface area contributed by atoms with Crippen molar-refractivity contribution in [1.82, 2.24) is 0 Å². The summed E-state index contributed by atoms with van der Waals surface area (Å²) >= 11 is 0. The van der Waals surface area contributed by atoms with Gasteiger partial charge in [0.2, 0.25) is 0 Å². The van der Waals surface area contributed by atoms with Gasteiger partial charge in [-0.3, -0.25) is 0 Å². The number of esters is 2. The molecule has 1 radical (unpaired) electrons. The molecule has 0 spiro atoms. The van der Waals surface area contributed by atoms with Crippen LogP contribution in [0, 0.1) is 0 Å². The van der Waals surface area contributed by atoms with Crippen LogP contribution in [0.4, 0.5) is 0 Å². The number of ether oxygens (including phenoxy) is 2. The van der Waals surface area contributed by atoms with Gasteiger partial charge in [0, 0.05) is 0 Å². The molecule has 0 saturated heterocycles. The summed E-state index contributed by atoms with van der Waals surface area (Å²) in [6.45, 7) is 10.8. The standard InChI is InChI=1S/C22H26BO6/c1-21(2,3)26-19(24)15-9-7-11-17(13-15)28-23-29-18-12-8-10-16(14-18)20(25)27-22(4,5)6/h7-14H,1-6H3. The Hall–Kier alpha value is -2.96. The van der Waals surface area contributed by atoms with E-state index < -0.39 is 23.1 Å². The van der Waals surface area contributed by atoms with Gasteiger partial charge in [-0.25, -0.2) is 9.59 Å². The molecule has 0 aliphatic heterocycles. The summed E-state index contributed by atoms with van der Waals surface area (Å²) in [5, 5.41) is 0. The van der Waals surface area contributed by atoms with Crippen molar-refractivity contribution in [2.45, 2.75) is 52.7 Å². The Morgan fingerprint density at radius 2 is 1.07 bits per heavy atom. The molecular formula is C22H26BO6. The van der Waals surface area contributed by atoms with E-state index in [1.165, 1.54) is 0 Å². The van der Waals surface area contributed by atoms with E-state index in [0.29, 0.717) is 22.6 Å². The third kappa shape index (κ3) is 7.89. The third-order valence-corrected chi connectivity index (χ3v) is 3.31. The van der Waals surface area contributed by atoms with Crippen LogP contribution in [0.5, 0.6) is 11.5 Å². The van der Waals surface area contributed by atoms with Crippen molar-refractivity contribution in [1.29, 1.82) is 0 Å². The smallest absolute Gasteiger partial charge is 0.526 e. The second kappa shape index (κ2) is 9.03. The van der Waals surface area contributed by atoms with Gasteiger partial charge >= 0.3 is 19.6 Å². The van der Waals surface area contributed by atoms with Gasteiger partial charge in [0.1, 0.15) is 22.7 Å². The van der Waals surface area contributed by atoms with Crippen molar-refractivity contribution in [2.75, 3.05) is 0 Å². The van der Waals surface area contributed by atoms with Gasteiger partial charge in [-0.2, -0.15) is 0 Å². The van der Waals surface area contributed by atoms with E-state index >= 15 is 0 Å². The molecule has 7 heteroatoms. The van der Waals surface area contributed by atoms with Gasteiger partial charge in [-0.15, -0.1) is 0 Å². The van der Waals surface area contributed by atoms with Crippen LogP contribution in [-0.2, 0) is 9.47 Å². The molecule has 6 nitrogen and oxygen atoms in total. The van der Waals surface area contributed by atoms with Crippen molar-refractivity contribution in [2.24, 2.45) is 0 Å². The summed E-state index contributed by atoms with van der Waals surface area (Å²) in [6.07, 6.45) is 0. The Bertz CT molecular complexity index is 793. The molecule has 0 aliphatic rings. The Balaban J connectivity index is 1.95. The minimum absolute atomic E-state index is 0.373. The molecule has 0 bridgehead atoms. The zero-order valence-electron chi connectivity index (χ0n) is 17.6. The highest BCUT2D eigenvalue weighted by Crippen LogP contribution is 2.19. The first kappa shape index (κ1) is 22.3. The molecule has 2 aromatic carbocycles. The molecule has 0 N–H and O–H groups in total. The molecule has 0 saturated carbocycles. The molecule has 0 amide bonds. The number of carbonyl (C=O) groups is 2. The van der Waals surface area contributed by atoms with E-state index in [1.807, 2.05) is 0 Å². The largest absolute Gasteiger partial charge is 0.658 e. The fourth-order valence-electron chi connectivity index (χ4n) is 2.20. The first-order chi connectivity index (χ1) is 13.4. The first-order valence-corrected chi connectivity index (χ1v) is 9.25. The highest BCUT2D eigenvalue weighted by Gasteiger charge is 2.19. The molecule has 0 atom stereocenters. The maximum Gasteiger partial charge on any atom is 0.658 e. The van der Waals surface area contributed by atoms with E-state index in [2.05, 4.69) is 0 Å². The molecule has 0 aliphatic carbocycles. The Labute approximate surface area is 172 Å². The number of carbonyl (C=O) groups excluding carboxylic acids is 2. The van der Waals surface area contributed by atoms with Crippen LogP contribution in [-0.4, -0.2) is 30.8 Å². The van der Waals surface area contributed by atoms with Crippen molar-refractivity contribution in [3.8, 4) is 11.5 Å². The van der Waals surface area contributed by atoms with Crippen LogP contribution in [0.15, 0.2) is 48.5 Å². The summed E-state index contributed by atoms with van der Waals surface area (Å²) in [5.41, 5.74) is -0.416. The fraction of sp³-hybridized carbons (Fsp3) is 0.364. The predicted molar refractivity (Wildman–Crippen MR) is 110 cm³/mol. The van der Waals surface area contributed by atoms with Gasteiger partial charge in [0.15, 0.2) is 0 Å². The van der Waals surface area contributed by atoms with Crippen LogP contribution >= 0.6 is 0 Å². The van der Waals surface area contributed by atoms with Gasteiger partial charge < -0.3 is 18.8 Å². The van der Waals surface area contributed by atoms with Crippen LogP contribution in [0.3, 0.4) is 0 Å².